The third-order valence-corrected chi connectivity index (χ3v) is 1.60. The molecule has 0 amide bonds. The molecular formula is C9H8AlBOZn. The van der Waals surface area contributed by atoms with Gasteiger partial charge in [-0.15, -0.1) is 0 Å². The zero-order valence-corrected chi connectivity index (χ0v) is 11.6. The van der Waals surface area contributed by atoms with E-state index in [4.69, 9.17) is 4.74 Å². The standard InChI is InChI=1S/C9H8O.Al.B.Zn/c1-2-6-9-8(4-1)5-3-7-10-9;;;/h1-4,6-7H,5H2;;;. The number of para-hydroxylation sites is 1. The summed E-state index contributed by atoms with van der Waals surface area (Å²) in [6.45, 7) is 0. The summed E-state index contributed by atoms with van der Waals surface area (Å²) in [6, 6.07) is 8.08. The van der Waals surface area contributed by atoms with Gasteiger partial charge in [-0.25, -0.2) is 0 Å². The fourth-order valence-corrected chi connectivity index (χ4v) is 1.08. The minimum absolute atomic E-state index is 0. The molecule has 1 aliphatic rings. The van der Waals surface area contributed by atoms with Crippen LogP contribution in [0.2, 0.25) is 0 Å². The molecule has 0 aliphatic carbocycles. The molecule has 13 heavy (non-hydrogen) atoms. The van der Waals surface area contributed by atoms with Crippen molar-refractivity contribution in [2.45, 2.75) is 6.42 Å². The predicted molar refractivity (Wildman–Crippen MR) is 51.4 cm³/mol. The van der Waals surface area contributed by atoms with Gasteiger partial charge in [-0.1, -0.05) is 18.2 Å². The van der Waals surface area contributed by atoms with Crippen LogP contribution in [0.25, 0.3) is 0 Å². The van der Waals surface area contributed by atoms with Crippen molar-refractivity contribution in [2.24, 2.45) is 0 Å². The second kappa shape index (κ2) is 7.39. The molecule has 2 rings (SSSR count). The van der Waals surface area contributed by atoms with Crippen LogP contribution in [-0.4, -0.2) is 25.8 Å². The topological polar surface area (TPSA) is 9.23 Å². The van der Waals surface area contributed by atoms with Gasteiger partial charge in [-0.05, 0) is 24.1 Å². The van der Waals surface area contributed by atoms with E-state index >= 15 is 0 Å². The van der Waals surface area contributed by atoms with Crippen LogP contribution in [0.4, 0.5) is 0 Å². The third-order valence-electron chi connectivity index (χ3n) is 1.60. The smallest absolute Gasteiger partial charge is 0.130 e. The molecule has 6 radical (unpaired) electrons. The van der Waals surface area contributed by atoms with Crippen LogP contribution in [0.3, 0.4) is 0 Å². The number of hydrogen-bond donors (Lipinski definition) is 0. The van der Waals surface area contributed by atoms with E-state index in [0.717, 1.165) is 12.2 Å². The van der Waals surface area contributed by atoms with Crippen molar-refractivity contribution < 1.29 is 24.2 Å². The van der Waals surface area contributed by atoms with E-state index in [1.807, 2.05) is 24.3 Å². The molecule has 0 spiro atoms. The molecule has 0 aromatic heterocycles. The summed E-state index contributed by atoms with van der Waals surface area (Å²) in [5, 5.41) is 0. The first-order valence-electron chi connectivity index (χ1n) is 3.36. The quantitative estimate of drug-likeness (QED) is 0.617. The SMILES string of the molecule is C1=COc2ccccc2C1.[Al].[B].[Zn]. The van der Waals surface area contributed by atoms with E-state index in [1.54, 1.807) is 6.26 Å². The van der Waals surface area contributed by atoms with E-state index in [2.05, 4.69) is 6.07 Å². The molecule has 0 N–H and O–H groups in total. The molecule has 0 atom stereocenters. The van der Waals surface area contributed by atoms with Crippen molar-refractivity contribution in [3.63, 3.8) is 0 Å². The van der Waals surface area contributed by atoms with E-state index in [9.17, 15) is 0 Å². The number of ether oxygens (including phenoxy) is 1. The van der Waals surface area contributed by atoms with E-state index < -0.39 is 0 Å². The Morgan fingerprint density at radius 1 is 1.15 bits per heavy atom. The molecular weight excluding hydrogens is 227 g/mol. The number of allylic oxidation sites excluding steroid dienone is 1. The molecule has 4 heteroatoms. The average Bonchev–Trinajstić information content (AvgIpc) is 2.05. The molecule has 1 aliphatic heterocycles. The van der Waals surface area contributed by atoms with Gasteiger partial charge in [0.05, 0.1) is 6.26 Å². The van der Waals surface area contributed by atoms with Crippen molar-refractivity contribution >= 4 is 25.8 Å². The largest absolute Gasteiger partial charge is 0.465 e. The molecule has 1 aromatic carbocycles. The Morgan fingerprint density at radius 2 is 1.85 bits per heavy atom. The van der Waals surface area contributed by atoms with Gasteiger partial charge in [-0.2, -0.15) is 0 Å². The summed E-state index contributed by atoms with van der Waals surface area (Å²) in [7, 11) is 0. The normalized spacial score (nSPS) is 10.8. The van der Waals surface area contributed by atoms with Gasteiger partial charge < -0.3 is 4.74 Å². The Hall–Kier alpha value is -0.0192. The Bertz CT molecular complexity index is 251. The number of rotatable bonds is 0. The zero-order chi connectivity index (χ0) is 6.81. The van der Waals surface area contributed by atoms with Crippen LogP contribution in [-0.2, 0) is 25.9 Å². The molecule has 0 fully saturated rings. The molecule has 0 saturated carbocycles. The van der Waals surface area contributed by atoms with Crippen LogP contribution in [0, 0.1) is 0 Å². The van der Waals surface area contributed by atoms with Gasteiger partial charge in [0.1, 0.15) is 5.75 Å². The Kier molecular flexibility index (Phi) is 8.79. The summed E-state index contributed by atoms with van der Waals surface area (Å²) >= 11 is 0. The van der Waals surface area contributed by atoms with E-state index in [0.29, 0.717) is 0 Å². The summed E-state index contributed by atoms with van der Waals surface area (Å²) in [6.07, 6.45) is 4.75. The average molecular weight is 235 g/mol. The molecule has 0 saturated heterocycles. The molecule has 1 nitrogen and oxygen atoms in total. The summed E-state index contributed by atoms with van der Waals surface area (Å²) in [4.78, 5) is 0. The molecule has 0 unspecified atom stereocenters. The first kappa shape index (κ1) is 15.5. The minimum Gasteiger partial charge on any atom is -0.465 e. The summed E-state index contributed by atoms with van der Waals surface area (Å²) in [5.74, 6) is 0.991. The van der Waals surface area contributed by atoms with Crippen LogP contribution in [0.15, 0.2) is 36.6 Å². The zero-order valence-electron chi connectivity index (χ0n) is 7.44. The third kappa shape index (κ3) is 3.69. The fraction of sp³-hybridized carbons (Fsp3) is 0.111. The molecule has 1 heterocycles. The van der Waals surface area contributed by atoms with Crippen molar-refractivity contribution in [3.05, 3.63) is 42.2 Å². The maximum atomic E-state index is 5.24. The number of hydrogen-bond acceptors (Lipinski definition) is 1. The molecule has 58 valence electrons. The second-order valence-electron chi connectivity index (χ2n) is 2.30. The van der Waals surface area contributed by atoms with Gasteiger partial charge >= 0.3 is 0 Å². The first-order valence-corrected chi connectivity index (χ1v) is 3.36. The fourth-order valence-electron chi connectivity index (χ4n) is 1.08. The minimum atomic E-state index is 0. The number of fused-ring (bicyclic) bond motifs is 1. The van der Waals surface area contributed by atoms with Crippen molar-refractivity contribution in [1.29, 1.82) is 0 Å². The predicted octanol–water partition coefficient (Wildman–Crippen LogP) is 1.37. The molecule has 0 bridgehead atoms. The maximum Gasteiger partial charge on any atom is 0.130 e. The van der Waals surface area contributed by atoms with Crippen molar-refractivity contribution in [2.75, 3.05) is 0 Å². The van der Waals surface area contributed by atoms with Gasteiger partial charge in [0.25, 0.3) is 0 Å². The Balaban J connectivity index is 0. The van der Waals surface area contributed by atoms with Crippen molar-refractivity contribution in [3.8, 4) is 5.75 Å². The van der Waals surface area contributed by atoms with Crippen LogP contribution < -0.4 is 4.74 Å². The van der Waals surface area contributed by atoms with E-state index in [-0.39, 0.29) is 45.3 Å². The maximum absolute atomic E-state index is 5.24. The van der Waals surface area contributed by atoms with Gasteiger partial charge in [-0.3, -0.25) is 0 Å². The molecule has 1 aromatic rings. The van der Waals surface area contributed by atoms with Crippen LogP contribution in [0.1, 0.15) is 5.56 Å². The van der Waals surface area contributed by atoms with Gasteiger partial charge in [0.15, 0.2) is 0 Å². The van der Waals surface area contributed by atoms with Gasteiger partial charge in [0, 0.05) is 45.3 Å². The number of benzene rings is 1. The van der Waals surface area contributed by atoms with Crippen LogP contribution in [0.5, 0.6) is 5.75 Å². The first-order chi connectivity index (χ1) is 4.97. The van der Waals surface area contributed by atoms with Crippen molar-refractivity contribution in [1.82, 2.24) is 0 Å². The second-order valence-corrected chi connectivity index (χ2v) is 2.30. The van der Waals surface area contributed by atoms with Gasteiger partial charge in [0.2, 0.25) is 0 Å². The Morgan fingerprint density at radius 3 is 2.54 bits per heavy atom. The van der Waals surface area contributed by atoms with E-state index in [1.165, 1.54) is 5.56 Å². The summed E-state index contributed by atoms with van der Waals surface area (Å²) < 4.78 is 5.24. The monoisotopic (exact) mass is 234 g/mol. The summed E-state index contributed by atoms with van der Waals surface area (Å²) in [5.41, 5.74) is 1.27. The Labute approximate surface area is 104 Å². The van der Waals surface area contributed by atoms with Crippen LogP contribution >= 0.6 is 0 Å².